The highest BCUT2D eigenvalue weighted by Gasteiger charge is 2.16. The highest BCUT2D eigenvalue weighted by atomic mass is 32.2. The molecule has 2 N–H and O–H groups in total. The van der Waals surface area contributed by atoms with Crippen molar-refractivity contribution in [3.05, 3.63) is 29.3 Å². The Hall–Kier alpha value is -1.07. The molecule has 0 aromatic heterocycles. The third-order valence-electron chi connectivity index (χ3n) is 2.72. The predicted octanol–water partition coefficient (Wildman–Crippen LogP) is 1.44. The maximum Gasteiger partial charge on any atom is 0.151 e. The van der Waals surface area contributed by atoms with E-state index in [0.29, 0.717) is 0 Å². The number of rotatable bonds is 5. The van der Waals surface area contributed by atoms with Gasteiger partial charge in [0.25, 0.3) is 0 Å². The molecule has 1 rings (SSSR count). The zero-order valence-corrected chi connectivity index (χ0v) is 11.3. The molecule has 0 bridgehead atoms. The van der Waals surface area contributed by atoms with Crippen molar-refractivity contribution in [2.45, 2.75) is 19.9 Å². The van der Waals surface area contributed by atoms with Crippen molar-refractivity contribution >= 4 is 9.84 Å². The van der Waals surface area contributed by atoms with Crippen molar-refractivity contribution < 1.29 is 13.2 Å². The molecule has 1 atom stereocenters. The number of nitrogens with two attached hydrogens (primary N) is 1. The van der Waals surface area contributed by atoms with Gasteiger partial charge < -0.3 is 10.5 Å². The number of hydrogen-bond donors (Lipinski definition) is 1. The van der Waals surface area contributed by atoms with Gasteiger partial charge in [0.2, 0.25) is 0 Å². The number of benzene rings is 1. The molecule has 0 heterocycles. The number of methoxy groups -OCH3 is 1. The molecule has 4 nitrogen and oxygen atoms in total. The molecule has 5 heteroatoms. The van der Waals surface area contributed by atoms with E-state index < -0.39 is 15.9 Å². The van der Waals surface area contributed by atoms with E-state index in [2.05, 4.69) is 0 Å². The SMILES string of the molecule is CCS(=O)(=O)CC(N)c1ccc(OC)c(C)c1. The van der Waals surface area contributed by atoms with Gasteiger partial charge in [0.1, 0.15) is 5.75 Å². The smallest absolute Gasteiger partial charge is 0.151 e. The van der Waals surface area contributed by atoms with Crippen LogP contribution in [0.25, 0.3) is 0 Å². The lowest BCUT2D eigenvalue weighted by molar-refractivity contribution is 0.411. The second-order valence-corrected chi connectivity index (χ2v) is 6.43. The van der Waals surface area contributed by atoms with Gasteiger partial charge >= 0.3 is 0 Å². The lowest BCUT2D eigenvalue weighted by Gasteiger charge is -2.14. The minimum absolute atomic E-state index is 0.0186. The summed E-state index contributed by atoms with van der Waals surface area (Å²) in [7, 11) is -1.45. The number of sulfone groups is 1. The first-order valence-electron chi connectivity index (χ1n) is 5.50. The maximum atomic E-state index is 11.5. The molecule has 0 saturated heterocycles. The third kappa shape index (κ3) is 3.71. The van der Waals surface area contributed by atoms with Gasteiger partial charge in [-0.05, 0) is 24.1 Å². The second-order valence-electron chi connectivity index (χ2n) is 4.03. The van der Waals surface area contributed by atoms with Crippen LogP contribution in [0, 0.1) is 6.92 Å². The van der Waals surface area contributed by atoms with Crippen molar-refractivity contribution in [2.24, 2.45) is 5.73 Å². The van der Waals surface area contributed by atoms with Gasteiger partial charge in [-0.15, -0.1) is 0 Å². The topological polar surface area (TPSA) is 69.4 Å². The first-order valence-corrected chi connectivity index (χ1v) is 7.32. The Bertz CT molecular complexity index is 483. The molecule has 17 heavy (non-hydrogen) atoms. The van der Waals surface area contributed by atoms with Crippen LogP contribution < -0.4 is 10.5 Å². The first kappa shape index (κ1) is 14.0. The second kappa shape index (κ2) is 5.51. The van der Waals surface area contributed by atoms with E-state index in [4.69, 9.17) is 10.5 Å². The molecule has 0 amide bonds. The van der Waals surface area contributed by atoms with E-state index in [0.717, 1.165) is 16.9 Å². The Morgan fingerprint density at radius 1 is 1.41 bits per heavy atom. The summed E-state index contributed by atoms with van der Waals surface area (Å²) in [6, 6.07) is 5.00. The minimum Gasteiger partial charge on any atom is -0.496 e. The van der Waals surface area contributed by atoms with E-state index in [9.17, 15) is 8.42 Å². The van der Waals surface area contributed by atoms with Crippen molar-refractivity contribution in [1.82, 2.24) is 0 Å². The molecular formula is C12H19NO3S. The van der Waals surface area contributed by atoms with Gasteiger partial charge in [-0.2, -0.15) is 0 Å². The Morgan fingerprint density at radius 3 is 2.53 bits per heavy atom. The standard InChI is InChI=1S/C12H19NO3S/c1-4-17(14,15)8-11(13)10-5-6-12(16-3)9(2)7-10/h5-7,11H,4,8,13H2,1-3H3. The number of hydrogen-bond acceptors (Lipinski definition) is 4. The zero-order chi connectivity index (χ0) is 13.1. The molecule has 0 aliphatic carbocycles. The average Bonchev–Trinajstić information content (AvgIpc) is 2.28. The maximum absolute atomic E-state index is 11.5. The van der Waals surface area contributed by atoms with E-state index in [1.54, 1.807) is 14.0 Å². The average molecular weight is 257 g/mol. The molecule has 96 valence electrons. The molecule has 0 aliphatic rings. The van der Waals surface area contributed by atoms with E-state index in [1.807, 2.05) is 25.1 Å². The van der Waals surface area contributed by atoms with Gasteiger partial charge in [-0.25, -0.2) is 8.42 Å². The summed E-state index contributed by atoms with van der Waals surface area (Å²) < 4.78 is 28.1. The van der Waals surface area contributed by atoms with Crippen molar-refractivity contribution in [2.75, 3.05) is 18.6 Å². The molecule has 0 spiro atoms. The fraction of sp³-hybridized carbons (Fsp3) is 0.500. The van der Waals surface area contributed by atoms with Crippen LogP contribution >= 0.6 is 0 Å². The molecule has 0 radical (unpaired) electrons. The Balaban J connectivity index is 2.90. The van der Waals surface area contributed by atoms with Crippen LogP contribution in [0.5, 0.6) is 5.75 Å². The fourth-order valence-electron chi connectivity index (χ4n) is 1.62. The summed E-state index contributed by atoms with van der Waals surface area (Å²) in [5, 5.41) is 0. The molecule has 1 unspecified atom stereocenters. The third-order valence-corrected chi connectivity index (χ3v) is 4.47. The van der Waals surface area contributed by atoms with Crippen molar-refractivity contribution in [3.8, 4) is 5.75 Å². The van der Waals surface area contributed by atoms with Gasteiger partial charge in [-0.1, -0.05) is 19.1 Å². The van der Waals surface area contributed by atoms with Crippen molar-refractivity contribution in [3.63, 3.8) is 0 Å². The van der Waals surface area contributed by atoms with Crippen LogP contribution in [-0.2, 0) is 9.84 Å². The minimum atomic E-state index is -3.05. The number of aryl methyl sites for hydroxylation is 1. The molecule has 0 saturated carbocycles. The van der Waals surface area contributed by atoms with Crippen LogP contribution in [0.4, 0.5) is 0 Å². The van der Waals surface area contributed by atoms with E-state index in [-0.39, 0.29) is 11.5 Å². The molecule has 1 aromatic rings. The van der Waals surface area contributed by atoms with Crippen LogP contribution in [0.2, 0.25) is 0 Å². The Labute approximate surface area is 103 Å². The van der Waals surface area contributed by atoms with Crippen LogP contribution in [0.3, 0.4) is 0 Å². The lowest BCUT2D eigenvalue weighted by Crippen LogP contribution is -2.22. The van der Waals surface area contributed by atoms with E-state index in [1.165, 1.54) is 0 Å². The Kier molecular flexibility index (Phi) is 4.54. The van der Waals surface area contributed by atoms with Gasteiger partial charge in [0, 0.05) is 11.8 Å². The van der Waals surface area contributed by atoms with Gasteiger partial charge in [-0.3, -0.25) is 0 Å². The van der Waals surface area contributed by atoms with Gasteiger partial charge in [0.15, 0.2) is 9.84 Å². The highest BCUT2D eigenvalue weighted by Crippen LogP contribution is 2.22. The zero-order valence-electron chi connectivity index (χ0n) is 10.4. The van der Waals surface area contributed by atoms with E-state index >= 15 is 0 Å². The van der Waals surface area contributed by atoms with Crippen LogP contribution in [0.15, 0.2) is 18.2 Å². The summed E-state index contributed by atoms with van der Waals surface area (Å²) in [4.78, 5) is 0. The number of ether oxygens (including phenoxy) is 1. The lowest BCUT2D eigenvalue weighted by atomic mass is 10.1. The summed E-state index contributed by atoms with van der Waals surface area (Å²) in [5.74, 6) is 0.879. The fourth-order valence-corrected chi connectivity index (χ4v) is 2.60. The first-order chi connectivity index (χ1) is 7.89. The van der Waals surface area contributed by atoms with Crippen molar-refractivity contribution in [1.29, 1.82) is 0 Å². The molecular weight excluding hydrogens is 238 g/mol. The molecule has 1 aromatic carbocycles. The summed E-state index contributed by atoms with van der Waals surface area (Å²) >= 11 is 0. The van der Waals surface area contributed by atoms with Crippen LogP contribution in [-0.4, -0.2) is 27.0 Å². The quantitative estimate of drug-likeness (QED) is 0.866. The highest BCUT2D eigenvalue weighted by molar-refractivity contribution is 7.91. The monoisotopic (exact) mass is 257 g/mol. The van der Waals surface area contributed by atoms with Gasteiger partial charge in [0.05, 0.1) is 12.9 Å². The van der Waals surface area contributed by atoms with Crippen LogP contribution in [0.1, 0.15) is 24.1 Å². The summed E-state index contributed by atoms with van der Waals surface area (Å²) in [6.45, 7) is 3.53. The summed E-state index contributed by atoms with van der Waals surface area (Å²) in [5.41, 5.74) is 7.67. The predicted molar refractivity (Wildman–Crippen MR) is 69.0 cm³/mol. The molecule has 0 aliphatic heterocycles. The normalized spacial score (nSPS) is 13.4. The molecule has 0 fully saturated rings. The summed E-state index contributed by atoms with van der Waals surface area (Å²) in [6.07, 6.45) is 0. The largest absolute Gasteiger partial charge is 0.496 e. The Morgan fingerprint density at radius 2 is 2.06 bits per heavy atom.